The van der Waals surface area contributed by atoms with E-state index < -0.39 is 62.1 Å². The average Bonchev–Trinajstić information content (AvgIpc) is 3.45. The Morgan fingerprint density at radius 3 is 1.90 bits per heavy atom. The Morgan fingerprint density at radius 2 is 1.43 bits per heavy atom. The van der Waals surface area contributed by atoms with Crippen LogP contribution >= 0.6 is 7.60 Å². The third-order valence-electron chi connectivity index (χ3n) is 5.96. The molecule has 0 spiro atoms. The summed E-state index contributed by atoms with van der Waals surface area (Å²) in [6.45, 7) is 1.30. The molecule has 1 heterocycles. The Hall–Kier alpha value is -3.53. The van der Waals surface area contributed by atoms with E-state index in [1.807, 2.05) is 0 Å². The highest BCUT2D eigenvalue weighted by atomic mass is 31.2. The van der Waals surface area contributed by atoms with Gasteiger partial charge in [-0.25, -0.2) is 0 Å². The summed E-state index contributed by atoms with van der Waals surface area (Å²) in [5.74, 6) is -6.04. The number of ketones is 1. The molecule has 1 aliphatic rings. The third-order valence-corrected chi connectivity index (χ3v) is 8.04. The molecule has 0 bridgehead atoms. The highest BCUT2D eigenvalue weighted by Gasteiger charge is 2.67. The van der Waals surface area contributed by atoms with Crippen LogP contribution in [0.25, 0.3) is 0 Å². The Bertz CT molecular complexity index is 1260. The number of Topliss-reactive ketones (excluding diaryl/α,β-unsaturated/α-hetero) is 1. The number of ether oxygens (including phenoxy) is 2. The van der Waals surface area contributed by atoms with E-state index in [1.165, 1.54) is 19.9 Å². The Labute approximate surface area is 230 Å². The summed E-state index contributed by atoms with van der Waals surface area (Å²) in [6, 6.07) is 17.1. The molecule has 0 radical (unpaired) electrons. The molecule has 0 saturated carbocycles. The van der Waals surface area contributed by atoms with Gasteiger partial charge in [-0.05, 0) is 37.1 Å². The van der Waals surface area contributed by atoms with Gasteiger partial charge in [-0.2, -0.15) is 8.78 Å². The molecule has 2 aromatic rings. The molecule has 2 atom stereocenters. The van der Waals surface area contributed by atoms with Crippen molar-refractivity contribution < 1.29 is 46.3 Å². The minimum atomic E-state index is -5.35. The molecule has 9 nitrogen and oxygen atoms in total. The zero-order chi connectivity index (χ0) is 29.2. The largest absolute Gasteiger partial charge is 0.461 e. The molecule has 3 rings (SSSR count). The number of carbonyl (C=O) groups excluding carboxylic acids is 3. The van der Waals surface area contributed by atoms with E-state index in [0.29, 0.717) is 11.1 Å². The van der Waals surface area contributed by atoms with Crippen LogP contribution in [0.2, 0.25) is 0 Å². The molecule has 214 valence electrons. The molecule has 12 heteroatoms. The molecule has 1 aliphatic heterocycles. The van der Waals surface area contributed by atoms with E-state index in [1.54, 1.807) is 60.7 Å². The van der Waals surface area contributed by atoms with Crippen LogP contribution in [0.5, 0.6) is 0 Å². The van der Waals surface area contributed by atoms with Crippen LogP contribution < -0.4 is 0 Å². The molecule has 0 aromatic heterocycles. The SMILES string of the molecule is CCOP(=O)(OCC)C(F)(F)C(=O)C1(C(CC(=O)OCc2ccccc2)C(=O)OCc2ccccc2)C=CC=N1. The van der Waals surface area contributed by atoms with Crippen LogP contribution in [0, 0.1) is 5.92 Å². The van der Waals surface area contributed by atoms with Gasteiger partial charge in [0.25, 0.3) is 0 Å². The molecule has 0 amide bonds. The molecule has 2 aromatic carbocycles. The van der Waals surface area contributed by atoms with Gasteiger partial charge in [-0.3, -0.25) is 23.9 Å². The van der Waals surface area contributed by atoms with Crippen molar-refractivity contribution in [1.82, 2.24) is 0 Å². The van der Waals surface area contributed by atoms with Gasteiger partial charge in [0.05, 0.1) is 19.6 Å². The molecule has 0 saturated heterocycles. The number of nitrogens with zero attached hydrogens (tertiary/aromatic N) is 1. The van der Waals surface area contributed by atoms with Crippen LogP contribution in [-0.2, 0) is 50.7 Å². The van der Waals surface area contributed by atoms with Crippen LogP contribution in [0.1, 0.15) is 31.4 Å². The second-order valence-electron chi connectivity index (χ2n) is 8.66. The van der Waals surface area contributed by atoms with Crippen molar-refractivity contribution in [3.05, 3.63) is 83.9 Å². The maximum atomic E-state index is 15.7. The van der Waals surface area contributed by atoms with Gasteiger partial charge in [-0.15, -0.1) is 0 Å². The summed E-state index contributed by atoms with van der Waals surface area (Å²) in [5, 5.41) is 0. The first-order valence-corrected chi connectivity index (χ1v) is 14.1. The van der Waals surface area contributed by atoms with Crippen LogP contribution in [0.4, 0.5) is 8.78 Å². The lowest BCUT2D eigenvalue weighted by Crippen LogP contribution is -2.53. The normalized spacial score (nSPS) is 17.4. The number of aliphatic imine (C=N–C) groups is 1. The average molecular weight is 578 g/mol. The van der Waals surface area contributed by atoms with Gasteiger partial charge in [-0.1, -0.05) is 60.7 Å². The van der Waals surface area contributed by atoms with Gasteiger partial charge in [0.15, 0.2) is 5.54 Å². The van der Waals surface area contributed by atoms with Crippen molar-refractivity contribution in [3.63, 3.8) is 0 Å². The van der Waals surface area contributed by atoms with Crippen molar-refractivity contribution in [3.8, 4) is 0 Å². The van der Waals surface area contributed by atoms with Crippen molar-refractivity contribution in [1.29, 1.82) is 0 Å². The molecular formula is C28H30F2NO8P. The van der Waals surface area contributed by atoms with E-state index in [2.05, 4.69) is 4.99 Å². The predicted octanol–water partition coefficient (Wildman–Crippen LogP) is 5.29. The molecule has 40 heavy (non-hydrogen) atoms. The number of carbonyl (C=O) groups is 3. The molecular weight excluding hydrogens is 547 g/mol. The summed E-state index contributed by atoms with van der Waals surface area (Å²) >= 11 is 0. The van der Waals surface area contributed by atoms with Gasteiger partial charge in [0, 0.05) is 6.21 Å². The van der Waals surface area contributed by atoms with E-state index >= 15 is 8.78 Å². The number of esters is 2. The highest BCUT2D eigenvalue weighted by Crippen LogP contribution is 2.64. The summed E-state index contributed by atoms with van der Waals surface area (Å²) in [4.78, 5) is 43.7. The standard InChI is InChI=1S/C28H30F2NO8P/c1-3-38-40(35,39-4-2)28(29,30)26(34)27(16-11-17-31-27)23(25(33)37-20-22-14-9-6-10-15-22)18-24(32)36-19-21-12-7-5-8-13-21/h5-17,23H,3-4,18-20H2,1-2H3. The zero-order valence-corrected chi connectivity index (χ0v) is 22.9. The van der Waals surface area contributed by atoms with Gasteiger partial charge < -0.3 is 18.5 Å². The fourth-order valence-corrected chi connectivity index (χ4v) is 5.52. The minimum Gasteiger partial charge on any atom is -0.461 e. The number of hydrogen-bond acceptors (Lipinski definition) is 9. The lowest BCUT2D eigenvalue weighted by Gasteiger charge is -2.34. The fourth-order valence-electron chi connectivity index (χ4n) is 4.01. The second kappa shape index (κ2) is 13.7. The van der Waals surface area contributed by atoms with Gasteiger partial charge in [0.2, 0.25) is 5.78 Å². The Balaban J connectivity index is 1.96. The maximum Gasteiger partial charge on any atom is 0.407 e. The smallest absolute Gasteiger partial charge is 0.407 e. The number of alkyl halides is 2. The zero-order valence-electron chi connectivity index (χ0n) is 22.0. The van der Waals surface area contributed by atoms with E-state index in [9.17, 15) is 18.9 Å². The molecule has 0 N–H and O–H groups in total. The summed E-state index contributed by atoms with van der Waals surface area (Å²) in [6.07, 6.45) is 2.32. The summed E-state index contributed by atoms with van der Waals surface area (Å²) < 4.78 is 64.5. The maximum absolute atomic E-state index is 15.7. The number of rotatable bonds is 15. The lowest BCUT2D eigenvalue weighted by atomic mass is 9.79. The Morgan fingerprint density at radius 1 is 0.900 bits per heavy atom. The summed E-state index contributed by atoms with van der Waals surface area (Å²) in [5.41, 5.74) is -6.15. The first kappa shape index (κ1) is 31.0. The molecule has 2 unspecified atom stereocenters. The second-order valence-corrected chi connectivity index (χ2v) is 10.7. The first-order chi connectivity index (χ1) is 19.1. The van der Waals surface area contributed by atoms with Crippen molar-refractivity contribution in [2.24, 2.45) is 10.9 Å². The van der Waals surface area contributed by atoms with Crippen molar-refractivity contribution in [2.75, 3.05) is 13.2 Å². The van der Waals surface area contributed by atoms with Crippen molar-refractivity contribution in [2.45, 2.75) is 44.7 Å². The summed E-state index contributed by atoms with van der Waals surface area (Å²) in [7, 11) is -5.35. The fraction of sp³-hybridized carbons (Fsp3) is 0.357. The number of allylic oxidation sites excluding steroid dienone is 1. The Kier molecular flexibility index (Phi) is 10.6. The minimum absolute atomic E-state index is 0.161. The number of halogens is 2. The molecule has 0 aliphatic carbocycles. The predicted molar refractivity (Wildman–Crippen MR) is 142 cm³/mol. The van der Waals surface area contributed by atoms with Crippen molar-refractivity contribution >= 4 is 31.5 Å². The monoisotopic (exact) mass is 577 g/mol. The van der Waals surface area contributed by atoms with Crippen LogP contribution in [0.15, 0.2) is 77.8 Å². The van der Waals surface area contributed by atoms with Gasteiger partial charge >= 0.3 is 25.2 Å². The highest BCUT2D eigenvalue weighted by molar-refractivity contribution is 7.56. The van der Waals surface area contributed by atoms with E-state index in [4.69, 9.17) is 18.5 Å². The van der Waals surface area contributed by atoms with Crippen LogP contribution in [0.3, 0.4) is 0 Å². The number of hydrogen-bond donors (Lipinski definition) is 0. The van der Waals surface area contributed by atoms with Crippen LogP contribution in [-0.4, -0.2) is 48.4 Å². The number of benzene rings is 2. The first-order valence-electron chi connectivity index (χ1n) is 12.5. The van der Waals surface area contributed by atoms with E-state index in [0.717, 1.165) is 12.3 Å². The topological polar surface area (TPSA) is 118 Å². The van der Waals surface area contributed by atoms with Gasteiger partial charge in [0.1, 0.15) is 19.1 Å². The molecule has 0 fully saturated rings. The lowest BCUT2D eigenvalue weighted by molar-refractivity contribution is -0.162. The quantitative estimate of drug-likeness (QED) is 0.207. The van der Waals surface area contributed by atoms with E-state index in [-0.39, 0.29) is 13.2 Å². The third kappa shape index (κ3) is 6.96.